The third-order valence-electron chi connectivity index (χ3n) is 6.28. The Hall–Kier alpha value is -3.56. The van der Waals surface area contributed by atoms with E-state index in [0.717, 1.165) is 6.54 Å². The van der Waals surface area contributed by atoms with Crippen LogP contribution in [0.3, 0.4) is 0 Å². The maximum Gasteiger partial charge on any atom is 0.0626 e. The summed E-state index contributed by atoms with van der Waals surface area (Å²) in [7, 11) is 0. The van der Waals surface area contributed by atoms with Gasteiger partial charge in [0, 0.05) is 33.1 Å². The van der Waals surface area contributed by atoms with E-state index in [2.05, 4.69) is 100 Å². The quantitative estimate of drug-likeness (QED) is 0.286. The van der Waals surface area contributed by atoms with E-state index in [0.29, 0.717) is 0 Å². The van der Waals surface area contributed by atoms with Crippen molar-refractivity contribution in [3.63, 3.8) is 0 Å². The van der Waals surface area contributed by atoms with Crippen LogP contribution in [0.15, 0.2) is 90.5 Å². The van der Waals surface area contributed by atoms with Gasteiger partial charge in [-0.25, -0.2) is 0 Å². The third-order valence-corrected chi connectivity index (χ3v) is 7.23. The van der Waals surface area contributed by atoms with Gasteiger partial charge >= 0.3 is 0 Å². The highest BCUT2D eigenvalue weighted by Crippen LogP contribution is 2.45. The average molecular weight is 403 g/mol. The maximum atomic E-state index is 3.30. The first kappa shape index (κ1) is 16.3. The number of rotatable bonds is 1. The highest BCUT2D eigenvalue weighted by atomic mass is 32.1. The van der Waals surface area contributed by atoms with E-state index in [1.807, 2.05) is 11.3 Å². The minimum Gasteiger partial charge on any atom is -0.387 e. The van der Waals surface area contributed by atoms with Crippen LogP contribution in [0.1, 0.15) is 0 Å². The third kappa shape index (κ3) is 2.02. The van der Waals surface area contributed by atoms with Gasteiger partial charge in [0.05, 0.1) is 11.0 Å². The van der Waals surface area contributed by atoms with E-state index in [4.69, 9.17) is 0 Å². The van der Waals surface area contributed by atoms with Crippen LogP contribution in [0.5, 0.6) is 0 Å². The first-order valence-electron chi connectivity index (χ1n) is 10.3. The molecular weight excluding hydrogens is 384 g/mol. The van der Waals surface area contributed by atoms with Gasteiger partial charge in [-0.05, 0) is 57.4 Å². The molecule has 0 amide bonds. The van der Waals surface area contributed by atoms with Crippen LogP contribution in [-0.4, -0.2) is 11.1 Å². The summed E-state index contributed by atoms with van der Waals surface area (Å²) in [6, 6.07) is 24.5. The molecule has 0 spiro atoms. The Bertz CT molecular complexity index is 1690. The summed E-state index contributed by atoms with van der Waals surface area (Å²) in [4.78, 5) is 0. The Kier molecular flexibility index (Phi) is 3.24. The topological polar surface area (TPSA) is 17.0 Å². The van der Waals surface area contributed by atoms with E-state index in [1.54, 1.807) is 0 Å². The lowest BCUT2D eigenvalue weighted by atomic mass is 9.96. The molecule has 2 nitrogen and oxygen atoms in total. The molecule has 1 aliphatic heterocycles. The second-order valence-corrected chi connectivity index (χ2v) is 8.74. The number of hydrogen-bond donors (Lipinski definition) is 1. The molecule has 0 saturated heterocycles. The summed E-state index contributed by atoms with van der Waals surface area (Å²) in [5, 5.41) is 14.8. The first-order chi connectivity index (χ1) is 14.9. The van der Waals surface area contributed by atoms with Gasteiger partial charge in [-0.1, -0.05) is 54.6 Å². The number of thiophene rings is 1. The minimum atomic E-state index is 0.847. The van der Waals surface area contributed by atoms with Gasteiger partial charge in [0.2, 0.25) is 0 Å². The Morgan fingerprint density at radius 2 is 1.53 bits per heavy atom. The van der Waals surface area contributed by atoms with Crippen LogP contribution in [0.2, 0.25) is 0 Å². The molecular formula is C27H18N2S. The fourth-order valence-electron chi connectivity index (χ4n) is 5.06. The van der Waals surface area contributed by atoms with Gasteiger partial charge in [-0.2, -0.15) is 0 Å². The molecule has 0 unspecified atom stereocenters. The number of hydrogen-bond acceptors (Lipinski definition) is 2. The molecule has 4 aromatic carbocycles. The van der Waals surface area contributed by atoms with E-state index in [-0.39, 0.29) is 0 Å². The molecule has 2 aromatic heterocycles. The van der Waals surface area contributed by atoms with E-state index >= 15 is 0 Å². The first-order valence-corrected chi connectivity index (χ1v) is 11.1. The van der Waals surface area contributed by atoms with Crippen LogP contribution in [0, 0.1) is 0 Å². The van der Waals surface area contributed by atoms with Gasteiger partial charge in [-0.3, -0.25) is 0 Å². The van der Waals surface area contributed by atoms with Gasteiger partial charge in [-0.15, -0.1) is 11.3 Å². The zero-order chi connectivity index (χ0) is 19.7. The zero-order valence-electron chi connectivity index (χ0n) is 16.2. The van der Waals surface area contributed by atoms with Gasteiger partial charge in [0.15, 0.2) is 0 Å². The van der Waals surface area contributed by atoms with Crippen LogP contribution < -0.4 is 5.32 Å². The van der Waals surface area contributed by atoms with Crippen LogP contribution in [0.25, 0.3) is 59.1 Å². The monoisotopic (exact) mass is 402 g/mol. The molecule has 0 saturated carbocycles. The Morgan fingerprint density at radius 1 is 0.767 bits per heavy atom. The lowest BCUT2D eigenvalue weighted by Crippen LogP contribution is -2.10. The van der Waals surface area contributed by atoms with Crippen molar-refractivity contribution in [1.29, 1.82) is 0 Å². The van der Waals surface area contributed by atoms with Crippen LogP contribution >= 0.6 is 11.3 Å². The number of allylic oxidation sites excluding steroid dienone is 2. The minimum absolute atomic E-state index is 0.847. The average Bonchev–Trinajstić information content (AvgIpc) is 3.42. The second kappa shape index (κ2) is 5.97. The largest absolute Gasteiger partial charge is 0.387 e. The molecule has 30 heavy (non-hydrogen) atoms. The molecule has 3 heterocycles. The SMILES string of the molecule is C1=CC(n2c3ccc4ccsc4c3c3c4ccccc4c4ccccc4c32)=CCN1. The standard InChI is InChI=1S/C27H18N2S/c1-3-7-21-19(5-1)20-6-2-4-8-22(20)26-24(21)25-23(10-9-17-13-16-30-27(17)25)29(26)18-11-14-28-15-12-18/h1-14,16,28H,15H2. The van der Waals surface area contributed by atoms with Crippen molar-refractivity contribution < 1.29 is 0 Å². The number of aromatic nitrogens is 1. The van der Waals surface area contributed by atoms with Crippen molar-refractivity contribution >= 4 is 70.5 Å². The summed E-state index contributed by atoms with van der Waals surface area (Å²) in [5.74, 6) is 0. The number of dihydropyridines is 1. The Balaban J connectivity index is 1.88. The van der Waals surface area contributed by atoms with Crippen molar-refractivity contribution in [2.75, 3.05) is 6.54 Å². The molecule has 1 N–H and O–H groups in total. The van der Waals surface area contributed by atoms with Gasteiger partial charge in [0.25, 0.3) is 0 Å². The number of nitrogens with zero attached hydrogens (tertiary/aromatic N) is 1. The highest BCUT2D eigenvalue weighted by molar-refractivity contribution is 7.18. The molecule has 0 radical (unpaired) electrons. The number of nitrogens with one attached hydrogen (secondary N) is 1. The number of benzene rings is 4. The van der Waals surface area contributed by atoms with Crippen molar-refractivity contribution in [3.8, 4) is 0 Å². The highest BCUT2D eigenvalue weighted by Gasteiger charge is 2.21. The smallest absolute Gasteiger partial charge is 0.0626 e. The summed E-state index contributed by atoms with van der Waals surface area (Å²) in [5.41, 5.74) is 3.81. The van der Waals surface area contributed by atoms with Crippen molar-refractivity contribution in [3.05, 3.63) is 90.5 Å². The lowest BCUT2D eigenvalue weighted by Gasteiger charge is -2.15. The van der Waals surface area contributed by atoms with E-state index in [1.165, 1.54) is 59.1 Å². The predicted molar refractivity (Wildman–Crippen MR) is 131 cm³/mol. The maximum absolute atomic E-state index is 3.30. The van der Waals surface area contributed by atoms with Crippen molar-refractivity contribution in [2.45, 2.75) is 0 Å². The van der Waals surface area contributed by atoms with Gasteiger partial charge < -0.3 is 9.88 Å². The summed E-state index contributed by atoms with van der Waals surface area (Å²) >= 11 is 1.84. The molecule has 1 aliphatic rings. The molecule has 3 heteroatoms. The molecule has 0 fully saturated rings. The predicted octanol–water partition coefficient (Wildman–Crippen LogP) is 7.27. The molecule has 0 bridgehead atoms. The molecule has 142 valence electrons. The molecule has 0 atom stereocenters. The van der Waals surface area contributed by atoms with Crippen molar-refractivity contribution in [1.82, 2.24) is 9.88 Å². The summed E-state index contributed by atoms with van der Waals surface area (Å²) in [6.45, 7) is 0.847. The molecule has 0 aliphatic carbocycles. The Morgan fingerprint density at radius 3 is 2.33 bits per heavy atom. The van der Waals surface area contributed by atoms with E-state index in [9.17, 15) is 0 Å². The van der Waals surface area contributed by atoms with Crippen LogP contribution in [0.4, 0.5) is 0 Å². The molecule has 7 rings (SSSR count). The second-order valence-electron chi connectivity index (χ2n) is 7.82. The normalized spacial score (nSPS) is 14.2. The van der Waals surface area contributed by atoms with Crippen molar-refractivity contribution in [2.24, 2.45) is 0 Å². The summed E-state index contributed by atoms with van der Waals surface area (Å²) < 4.78 is 3.84. The molecule has 6 aromatic rings. The fraction of sp³-hybridized carbons (Fsp3) is 0.0370. The lowest BCUT2D eigenvalue weighted by molar-refractivity contribution is 0.963. The van der Waals surface area contributed by atoms with Crippen LogP contribution in [-0.2, 0) is 0 Å². The van der Waals surface area contributed by atoms with E-state index < -0.39 is 0 Å². The van der Waals surface area contributed by atoms with Gasteiger partial charge in [0.1, 0.15) is 0 Å². The zero-order valence-corrected chi connectivity index (χ0v) is 17.0. The number of fused-ring (bicyclic) bond motifs is 10. The Labute approximate surface area is 177 Å². The fourth-order valence-corrected chi connectivity index (χ4v) is 6.00. The summed E-state index contributed by atoms with van der Waals surface area (Å²) in [6.07, 6.45) is 6.52.